The fraction of sp³-hybridized carbons (Fsp3) is 0.0526. The lowest BCUT2D eigenvalue weighted by Gasteiger charge is -2.24. The van der Waals surface area contributed by atoms with Gasteiger partial charge in [-0.25, -0.2) is 0 Å². The zero-order chi connectivity index (χ0) is 17.4. The van der Waals surface area contributed by atoms with Crippen molar-refractivity contribution < 1.29 is 23.5 Å². The first kappa shape index (κ1) is 15.0. The molecule has 0 fully saturated rings. The predicted molar refractivity (Wildman–Crippen MR) is 88.1 cm³/mol. The van der Waals surface area contributed by atoms with Crippen molar-refractivity contribution in [1.29, 1.82) is 0 Å². The van der Waals surface area contributed by atoms with Crippen molar-refractivity contribution in [3.63, 3.8) is 0 Å². The fourth-order valence-electron chi connectivity index (χ4n) is 2.95. The molecule has 0 bridgehead atoms. The maximum atomic E-state index is 12.8. The van der Waals surface area contributed by atoms with E-state index in [4.69, 9.17) is 8.83 Å². The van der Waals surface area contributed by atoms with Gasteiger partial charge in [-0.05, 0) is 36.4 Å². The molecular formula is C19H13NO5. The smallest absolute Gasteiger partial charge is 0.294 e. The van der Waals surface area contributed by atoms with E-state index in [9.17, 15) is 14.7 Å². The Bertz CT molecular complexity index is 939. The van der Waals surface area contributed by atoms with Crippen molar-refractivity contribution >= 4 is 17.4 Å². The molecule has 6 heteroatoms. The van der Waals surface area contributed by atoms with E-state index in [-0.39, 0.29) is 11.3 Å². The zero-order valence-electron chi connectivity index (χ0n) is 13.0. The molecule has 1 aliphatic heterocycles. The largest absolute Gasteiger partial charge is 0.503 e. The van der Waals surface area contributed by atoms with Crippen LogP contribution < -0.4 is 4.90 Å². The number of ketones is 1. The Morgan fingerprint density at radius 2 is 1.68 bits per heavy atom. The van der Waals surface area contributed by atoms with Crippen LogP contribution in [-0.4, -0.2) is 16.8 Å². The number of hydrogen-bond acceptors (Lipinski definition) is 5. The number of hydrogen-bond donors (Lipinski definition) is 1. The summed E-state index contributed by atoms with van der Waals surface area (Å²) in [6.07, 6.45) is 2.81. The highest BCUT2D eigenvalue weighted by molar-refractivity contribution is 6.20. The highest BCUT2D eigenvalue weighted by Crippen LogP contribution is 2.41. The number of aliphatic hydroxyl groups is 1. The van der Waals surface area contributed by atoms with Gasteiger partial charge in [0, 0.05) is 5.69 Å². The van der Waals surface area contributed by atoms with Crippen molar-refractivity contribution in [1.82, 2.24) is 0 Å². The second-order valence-electron chi connectivity index (χ2n) is 5.50. The molecule has 1 aromatic carbocycles. The Balaban J connectivity index is 1.87. The monoisotopic (exact) mass is 335 g/mol. The van der Waals surface area contributed by atoms with E-state index in [2.05, 4.69) is 0 Å². The molecule has 0 saturated heterocycles. The van der Waals surface area contributed by atoms with Crippen molar-refractivity contribution in [2.45, 2.75) is 6.04 Å². The summed E-state index contributed by atoms with van der Waals surface area (Å²) in [6, 6.07) is 14.3. The summed E-state index contributed by atoms with van der Waals surface area (Å²) in [5.74, 6) is -1.41. The zero-order valence-corrected chi connectivity index (χ0v) is 13.0. The number of rotatable bonds is 4. The lowest BCUT2D eigenvalue weighted by molar-refractivity contribution is -0.117. The number of aliphatic hydroxyl groups excluding tert-OH is 1. The molecule has 4 rings (SSSR count). The van der Waals surface area contributed by atoms with Crippen LogP contribution in [0.4, 0.5) is 5.69 Å². The molecule has 0 spiro atoms. The minimum atomic E-state index is -0.873. The first-order valence-corrected chi connectivity index (χ1v) is 7.62. The Morgan fingerprint density at radius 3 is 2.32 bits per heavy atom. The van der Waals surface area contributed by atoms with Crippen LogP contribution in [0.2, 0.25) is 0 Å². The van der Waals surface area contributed by atoms with E-state index < -0.39 is 23.5 Å². The molecule has 6 nitrogen and oxygen atoms in total. The van der Waals surface area contributed by atoms with Crippen LogP contribution in [0.1, 0.15) is 22.4 Å². The second-order valence-corrected chi connectivity index (χ2v) is 5.50. The van der Waals surface area contributed by atoms with E-state index >= 15 is 0 Å². The van der Waals surface area contributed by atoms with Crippen LogP contribution in [0.15, 0.2) is 87.3 Å². The number of nitrogens with zero attached hydrogens (tertiary/aromatic N) is 1. The van der Waals surface area contributed by atoms with Gasteiger partial charge in [-0.2, -0.15) is 0 Å². The quantitative estimate of drug-likeness (QED) is 0.736. The van der Waals surface area contributed by atoms with E-state index in [1.54, 1.807) is 42.5 Å². The number of anilines is 1. The number of Topliss-reactive ketones (excluding diaryl/α,β-unsaturated/α-hetero) is 1. The summed E-state index contributed by atoms with van der Waals surface area (Å²) in [6.45, 7) is 0. The van der Waals surface area contributed by atoms with E-state index in [1.165, 1.54) is 23.5 Å². The van der Waals surface area contributed by atoms with Gasteiger partial charge in [0.25, 0.3) is 5.91 Å². The first-order chi connectivity index (χ1) is 12.2. The molecular weight excluding hydrogens is 322 g/mol. The highest BCUT2D eigenvalue weighted by atomic mass is 16.3. The molecule has 1 amide bonds. The molecule has 124 valence electrons. The topological polar surface area (TPSA) is 83.9 Å². The molecule has 1 aliphatic rings. The van der Waals surface area contributed by atoms with Crippen molar-refractivity contribution in [2.24, 2.45) is 0 Å². The minimum Gasteiger partial charge on any atom is -0.503 e. The summed E-state index contributed by atoms with van der Waals surface area (Å²) >= 11 is 0. The van der Waals surface area contributed by atoms with Gasteiger partial charge < -0.3 is 13.9 Å². The van der Waals surface area contributed by atoms with E-state index in [1.807, 2.05) is 6.07 Å². The van der Waals surface area contributed by atoms with Gasteiger partial charge in [0.2, 0.25) is 5.78 Å². The summed E-state index contributed by atoms with van der Waals surface area (Å²) in [7, 11) is 0. The minimum absolute atomic E-state index is 0.0424. The van der Waals surface area contributed by atoms with Gasteiger partial charge in [-0.3, -0.25) is 14.5 Å². The lowest BCUT2D eigenvalue weighted by Crippen LogP contribution is -2.30. The lowest BCUT2D eigenvalue weighted by atomic mass is 9.99. The van der Waals surface area contributed by atoms with Crippen molar-refractivity contribution in [2.75, 3.05) is 4.90 Å². The van der Waals surface area contributed by atoms with Gasteiger partial charge >= 0.3 is 0 Å². The summed E-state index contributed by atoms with van der Waals surface area (Å²) in [4.78, 5) is 26.8. The molecule has 2 aromatic heterocycles. The highest BCUT2D eigenvalue weighted by Gasteiger charge is 2.46. The fourth-order valence-corrected chi connectivity index (χ4v) is 2.95. The molecule has 1 N–H and O–H groups in total. The molecule has 3 aromatic rings. The van der Waals surface area contributed by atoms with Crippen LogP contribution in [-0.2, 0) is 4.79 Å². The molecule has 1 atom stereocenters. The Kier molecular flexibility index (Phi) is 3.50. The number of carbonyl (C=O) groups excluding carboxylic acids is 2. The third-order valence-electron chi connectivity index (χ3n) is 4.04. The van der Waals surface area contributed by atoms with Gasteiger partial charge in [0.15, 0.2) is 11.5 Å². The number of benzene rings is 1. The standard InChI is InChI=1S/C19H13NO5/c21-17(14-9-5-11-25-14)15-16(13-8-4-10-24-13)20(19(23)18(15)22)12-6-2-1-3-7-12/h1-11,16,22H. The average Bonchev–Trinajstić information content (AvgIpc) is 3.37. The molecule has 3 heterocycles. The van der Waals surface area contributed by atoms with Gasteiger partial charge in [-0.1, -0.05) is 18.2 Å². The summed E-state index contributed by atoms with van der Waals surface area (Å²) in [5.41, 5.74) is 0.474. The van der Waals surface area contributed by atoms with Crippen LogP contribution in [0.25, 0.3) is 0 Å². The number of amides is 1. The second kappa shape index (κ2) is 5.83. The third kappa shape index (κ3) is 2.35. The molecule has 0 radical (unpaired) electrons. The van der Waals surface area contributed by atoms with Crippen LogP contribution in [0.5, 0.6) is 0 Å². The Morgan fingerprint density at radius 1 is 0.960 bits per heavy atom. The average molecular weight is 335 g/mol. The predicted octanol–water partition coefficient (Wildman–Crippen LogP) is 3.66. The maximum Gasteiger partial charge on any atom is 0.294 e. The molecule has 1 unspecified atom stereocenters. The summed E-state index contributed by atoms with van der Waals surface area (Å²) in [5, 5.41) is 10.4. The molecule has 0 saturated carbocycles. The van der Waals surface area contributed by atoms with E-state index in [0.29, 0.717) is 11.4 Å². The first-order valence-electron chi connectivity index (χ1n) is 7.62. The van der Waals surface area contributed by atoms with Crippen LogP contribution in [0, 0.1) is 0 Å². The summed E-state index contributed by atoms with van der Waals surface area (Å²) < 4.78 is 10.6. The van der Waals surface area contributed by atoms with Gasteiger partial charge in [0.05, 0.1) is 18.1 Å². The van der Waals surface area contributed by atoms with Crippen molar-refractivity contribution in [3.05, 3.63) is 90.0 Å². The van der Waals surface area contributed by atoms with Crippen molar-refractivity contribution in [3.8, 4) is 0 Å². The van der Waals surface area contributed by atoms with Crippen LogP contribution >= 0.6 is 0 Å². The number of para-hydroxylation sites is 1. The normalized spacial score (nSPS) is 17.4. The molecule has 0 aliphatic carbocycles. The molecule has 25 heavy (non-hydrogen) atoms. The van der Waals surface area contributed by atoms with Gasteiger partial charge in [-0.15, -0.1) is 0 Å². The SMILES string of the molecule is O=C(C1=C(O)C(=O)N(c2ccccc2)C1c1ccco1)c1ccco1. The third-order valence-corrected chi connectivity index (χ3v) is 4.04. The number of furan rings is 2. The Hall–Kier alpha value is -3.54. The maximum absolute atomic E-state index is 12.8. The number of carbonyl (C=O) groups is 2. The van der Waals surface area contributed by atoms with Crippen LogP contribution in [0.3, 0.4) is 0 Å². The Labute approximate surface area is 142 Å². The van der Waals surface area contributed by atoms with E-state index in [0.717, 1.165) is 0 Å². The van der Waals surface area contributed by atoms with Gasteiger partial charge in [0.1, 0.15) is 11.8 Å².